The molecule has 3 rings (SSSR count). The van der Waals surface area contributed by atoms with E-state index < -0.39 is 0 Å². The molecule has 0 aromatic heterocycles. The molecule has 8 nitrogen and oxygen atoms in total. The maximum Gasteiger partial charge on any atom is 0.257 e. The summed E-state index contributed by atoms with van der Waals surface area (Å²) in [7, 11) is 3.37. The number of nitrogens with zero attached hydrogens (tertiary/aromatic N) is 1. The van der Waals surface area contributed by atoms with Gasteiger partial charge in [0, 0.05) is 25.7 Å². The molecule has 158 valence electrons. The Morgan fingerprint density at radius 1 is 1.28 bits per heavy atom. The summed E-state index contributed by atoms with van der Waals surface area (Å²) in [6, 6.07) is 4.95. The predicted molar refractivity (Wildman–Crippen MR) is 108 cm³/mol. The van der Waals surface area contributed by atoms with Crippen molar-refractivity contribution in [3.05, 3.63) is 23.8 Å². The third-order valence-corrected chi connectivity index (χ3v) is 5.50. The van der Waals surface area contributed by atoms with E-state index in [-0.39, 0.29) is 48.5 Å². The summed E-state index contributed by atoms with van der Waals surface area (Å²) >= 11 is 0. The molecule has 3 amide bonds. The summed E-state index contributed by atoms with van der Waals surface area (Å²) in [5.74, 6) is -0.0514. The maximum atomic E-state index is 13.1. The number of ether oxygens (including phenoxy) is 2. The van der Waals surface area contributed by atoms with Gasteiger partial charge in [0.2, 0.25) is 11.8 Å². The molecule has 2 N–H and O–H groups in total. The van der Waals surface area contributed by atoms with E-state index in [4.69, 9.17) is 9.47 Å². The number of nitrogens with one attached hydrogen (secondary N) is 2. The Balaban J connectivity index is 1.79. The molecule has 0 bridgehead atoms. The smallest absolute Gasteiger partial charge is 0.257 e. The van der Waals surface area contributed by atoms with Crippen LogP contribution < -0.4 is 15.4 Å². The lowest BCUT2D eigenvalue weighted by molar-refractivity contribution is -0.133. The first-order valence-electron chi connectivity index (χ1n) is 10.0. The fraction of sp³-hybridized carbons (Fsp3) is 0.571. The minimum atomic E-state index is -0.305. The van der Waals surface area contributed by atoms with Gasteiger partial charge in [-0.1, -0.05) is 13.8 Å². The van der Waals surface area contributed by atoms with Gasteiger partial charge in [-0.2, -0.15) is 0 Å². The van der Waals surface area contributed by atoms with Gasteiger partial charge in [0.05, 0.1) is 24.1 Å². The van der Waals surface area contributed by atoms with Crippen LogP contribution in [0.2, 0.25) is 0 Å². The molecule has 0 aliphatic carbocycles. The first-order valence-corrected chi connectivity index (χ1v) is 10.0. The van der Waals surface area contributed by atoms with Crippen LogP contribution >= 0.6 is 0 Å². The van der Waals surface area contributed by atoms with Gasteiger partial charge in [-0.25, -0.2) is 0 Å². The average molecular weight is 403 g/mol. The van der Waals surface area contributed by atoms with Crippen molar-refractivity contribution in [1.82, 2.24) is 10.2 Å². The lowest BCUT2D eigenvalue weighted by atomic mass is 9.94. The molecule has 1 aromatic carbocycles. The summed E-state index contributed by atoms with van der Waals surface area (Å²) in [6.07, 6.45) is 1.24. The average Bonchev–Trinajstić information content (AvgIpc) is 2.70. The SMILES string of the molecule is CNC(=O)C[C@H]1CC[C@H]2[C@H](COc3ccc(NC(=O)C(C)C)cc3C(=O)N2C)O1. The maximum absolute atomic E-state index is 13.1. The molecule has 2 aliphatic rings. The van der Waals surface area contributed by atoms with E-state index in [1.54, 1.807) is 37.2 Å². The number of amides is 3. The molecule has 1 aromatic rings. The lowest BCUT2D eigenvalue weighted by Crippen LogP contribution is -2.53. The Morgan fingerprint density at radius 2 is 2.03 bits per heavy atom. The Labute approximate surface area is 170 Å². The Hall–Kier alpha value is -2.61. The van der Waals surface area contributed by atoms with Gasteiger partial charge in [-0.15, -0.1) is 0 Å². The molecule has 29 heavy (non-hydrogen) atoms. The quantitative estimate of drug-likeness (QED) is 0.799. The van der Waals surface area contributed by atoms with Crippen molar-refractivity contribution < 1.29 is 23.9 Å². The summed E-state index contributed by atoms with van der Waals surface area (Å²) in [5.41, 5.74) is 0.982. The number of carbonyl (C=O) groups excluding carboxylic acids is 3. The van der Waals surface area contributed by atoms with E-state index in [0.717, 1.165) is 6.42 Å². The van der Waals surface area contributed by atoms with E-state index in [9.17, 15) is 14.4 Å². The molecule has 1 saturated heterocycles. The van der Waals surface area contributed by atoms with Crippen molar-refractivity contribution in [1.29, 1.82) is 0 Å². The van der Waals surface area contributed by atoms with Crippen LogP contribution in [0.5, 0.6) is 5.75 Å². The second-order valence-corrected chi connectivity index (χ2v) is 7.90. The zero-order valence-corrected chi connectivity index (χ0v) is 17.4. The zero-order chi connectivity index (χ0) is 21.1. The van der Waals surface area contributed by atoms with Crippen LogP contribution in [-0.2, 0) is 14.3 Å². The normalized spacial score (nSPS) is 24.0. The van der Waals surface area contributed by atoms with Crippen LogP contribution in [0, 0.1) is 5.92 Å². The van der Waals surface area contributed by atoms with Crippen molar-refractivity contribution in [3.63, 3.8) is 0 Å². The minimum Gasteiger partial charge on any atom is -0.490 e. The van der Waals surface area contributed by atoms with Crippen molar-refractivity contribution in [2.75, 3.05) is 26.0 Å². The van der Waals surface area contributed by atoms with E-state index in [1.807, 2.05) is 13.8 Å². The van der Waals surface area contributed by atoms with E-state index in [2.05, 4.69) is 10.6 Å². The molecule has 0 radical (unpaired) electrons. The third kappa shape index (κ3) is 4.70. The van der Waals surface area contributed by atoms with Gasteiger partial charge in [0.15, 0.2) is 0 Å². The molecule has 1 fully saturated rings. The van der Waals surface area contributed by atoms with Crippen molar-refractivity contribution >= 4 is 23.4 Å². The molecule has 2 heterocycles. The van der Waals surface area contributed by atoms with Crippen LogP contribution in [0.15, 0.2) is 18.2 Å². The fourth-order valence-electron chi connectivity index (χ4n) is 3.70. The highest BCUT2D eigenvalue weighted by molar-refractivity contribution is 6.00. The standard InChI is InChI=1S/C21H29N3O5/c1-12(2)20(26)23-13-5-8-17-15(9-13)21(27)24(4)16-7-6-14(10-19(25)22-3)29-18(16)11-28-17/h5,8-9,12,14,16,18H,6-7,10-11H2,1-4H3,(H,22,25)(H,23,26)/t14-,16+,18+/m1/s1. The summed E-state index contributed by atoms with van der Waals surface area (Å²) in [6.45, 7) is 3.91. The van der Waals surface area contributed by atoms with Gasteiger partial charge in [0.25, 0.3) is 5.91 Å². The summed E-state index contributed by atoms with van der Waals surface area (Å²) in [5, 5.41) is 5.44. The molecule has 3 atom stereocenters. The van der Waals surface area contributed by atoms with Crippen molar-refractivity contribution in [2.45, 2.75) is 51.4 Å². The number of anilines is 1. The lowest BCUT2D eigenvalue weighted by Gasteiger charge is -2.42. The number of benzene rings is 1. The van der Waals surface area contributed by atoms with E-state index in [1.165, 1.54) is 0 Å². The van der Waals surface area contributed by atoms with Crippen LogP contribution in [0.1, 0.15) is 43.5 Å². The highest BCUT2D eigenvalue weighted by Gasteiger charge is 2.39. The van der Waals surface area contributed by atoms with Gasteiger partial charge in [-0.3, -0.25) is 14.4 Å². The molecular formula is C21H29N3O5. The van der Waals surface area contributed by atoms with Crippen LogP contribution in [0.25, 0.3) is 0 Å². The molecule has 2 aliphatic heterocycles. The Kier molecular flexibility index (Phi) is 6.42. The molecule has 0 saturated carbocycles. The molecule has 0 spiro atoms. The van der Waals surface area contributed by atoms with Crippen molar-refractivity contribution in [2.24, 2.45) is 5.92 Å². The second kappa shape index (κ2) is 8.82. The number of hydrogen-bond donors (Lipinski definition) is 2. The first-order chi connectivity index (χ1) is 13.8. The third-order valence-electron chi connectivity index (χ3n) is 5.50. The number of likely N-dealkylation sites (N-methyl/N-ethyl adjacent to an activating group) is 1. The topological polar surface area (TPSA) is 97.0 Å². The number of carbonyl (C=O) groups is 3. The Morgan fingerprint density at radius 3 is 2.72 bits per heavy atom. The van der Waals surface area contributed by atoms with Gasteiger partial charge < -0.3 is 25.0 Å². The minimum absolute atomic E-state index is 0.0639. The monoisotopic (exact) mass is 403 g/mol. The summed E-state index contributed by atoms with van der Waals surface area (Å²) < 4.78 is 12.0. The van der Waals surface area contributed by atoms with Crippen LogP contribution in [-0.4, -0.2) is 61.6 Å². The number of hydrogen-bond acceptors (Lipinski definition) is 5. The van der Waals surface area contributed by atoms with Crippen molar-refractivity contribution in [3.8, 4) is 5.75 Å². The molecular weight excluding hydrogens is 374 g/mol. The zero-order valence-electron chi connectivity index (χ0n) is 17.4. The summed E-state index contributed by atoms with van der Waals surface area (Å²) in [4.78, 5) is 38.5. The number of rotatable bonds is 4. The second-order valence-electron chi connectivity index (χ2n) is 7.90. The van der Waals surface area contributed by atoms with Crippen LogP contribution in [0.3, 0.4) is 0 Å². The van der Waals surface area contributed by atoms with Gasteiger partial charge in [-0.05, 0) is 31.0 Å². The predicted octanol–water partition coefficient (Wildman–Crippen LogP) is 1.80. The molecule has 0 unspecified atom stereocenters. The fourth-order valence-corrected chi connectivity index (χ4v) is 3.70. The van der Waals surface area contributed by atoms with Gasteiger partial charge >= 0.3 is 0 Å². The van der Waals surface area contributed by atoms with Gasteiger partial charge in [0.1, 0.15) is 18.5 Å². The largest absolute Gasteiger partial charge is 0.490 e. The highest BCUT2D eigenvalue weighted by atomic mass is 16.5. The Bertz CT molecular complexity index is 795. The number of fused-ring (bicyclic) bond motifs is 2. The highest BCUT2D eigenvalue weighted by Crippen LogP contribution is 2.32. The molecule has 8 heteroatoms. The van der Waals surface area contributed by atoms with E-state index >= 15 is 0 Å². The first kappa shape index (κ1) is 21.1. The van der Waals surface area contributed by atoms with Crippen LogP contribution in [0.4, 0.5) is 5.69 Å². The van der Waals surface area contributed by atoms with E-state index in [0.29, 0.717) is 29.8 Å².